The first kappa shape index (κ1) is 15.1. The number of carbonyl (C=O) groups is 1. The maximum atomic E-state index is 10.6. The lowest BCUT2D eigenvalue weighted by atomic mass is 10.1. The molecule has 1 unspecified atom stereocenters. The van der Waals surface area contributed by atoms with Crippen molar-refractivity contribution in [2.75, 3.05) is 7.11 Å². The summed E-state index contributed by atoms with van der Waals surface area (Å²) < 4.78 is 11.0. The Hall–Kier alpha value is -1.97. The highest BCUT2D eigenvalue weighted by molar-refractivity contribution is 5.86. The van der Waals surface area contributed by atoms with Gasteiger partial charge in [-0.3, -0.25) is 0 Å². The Kier molecular flexibility index (Phi) is 5.93. The van der Waals surface area contributed by atoms with E-state index >= 15 is 0 Å². The zero-order valence-electron chi connectivity index (χ0n) is 11.6. The normalized spacial score (nSPS) is 12.4. The summed E-state index contributed by atoms with van der Waals surface area (Å²) in [6.45, 7) is 4.09. The second kappa shape index (κ2) is 7.46. The maximum absolute atomic E-state index is 10.6. The van der Waals surface area contributed by atoms with Gasteiger partial charge in [-0.05, 0) is 37.6 Å². The van der Waals surface area contributed by atoms with Gasteiger partial charge in [0, 0.05) is 11.6 Å². The summed E-state index contributed by atoms with van der Waals surface area (Å²) in [5.41, 5.74) is 0.699. The Morgan fingerprint density at radius 3 is 2.79 bits per heavy atom. The standard InChI is InChI=1S/C15H20O4/c1-4-5-11(2)19-14-8-7-13(18-3)10-12(14)6-9-15(16)17/h6-11H,4-5H2,1-3H3,(H,16,17)/b9-6+. The molecular weight excluding hydrogens is 244 g/mol. The molecule has 0 heterocycles. The Labute approximate surface area is 113 Å². The average Bonchev–Trinajstić information content (AvgIpc) is 2.37. The van der Waals surface area contributed by atoms with Gasteiger partial charge in [0.1, 0.15) is 11.5 Å². The second-order valence-corrected chi connectivity index (χ2v) is 4.29. The number of hydrogen-bond donors (Lipinski definition) is 1. The molecule has 0 amide bonds. The minimum absolute atomic E-state index is 0.0929. The van der Waals surface area contributed by atoms with Gasteiger partial charge in [0.05, 0.1) is 13.2 Å². The predicted octanol–water partition coefficient (Wildman–Crippen LogP) is 3.36. The fourth-order valence-corrected chi connectivity index (χ4v) is 1.73. The lowest BCUT2D eigenvalue weighted by molar-refractivity contribution is -0.131. The molecule has 0 bridgehead atoms. The van der Waals surface area contributed by atoms with Crippen LogP contribution < -0.4 is 9.47 Å². The Morgan fingerprint density at radius 1 is 1.47 bits per heavy atom. The summed E-state index contributed by atoms with van der Waals surface area (Å²) in [6, 6.07) is 5.35. The first-order chi connectivity index (χ1) is 9.06. The molecule has 1 rings (SSSR count). The first-order valence-electron chi connectivity index (χ1n) is 6.32. The van der Waals surface area contributed by atoms with Gasteiger partial charge in [-0.25, -0.2) is 4.79 Å². The van der Waals surface area contributed by atoms with Crippen LogP contribution in [0.2, 0.25) is 0 Å². The van der Waals surface area contributed by atoms with Crippen molar-refractivity contribution in [3.63, 3.8) is 0 Å². The topological polar surface area (TPSA) is 55.8 Å². The molecular formula is C15H20O4. The van der Waals surface area contributed by atoms with Crippen molar-refractivity contribution in [3.05, 3.63) is 29.8 Å². The molecule has 0 aromatic heterocycles. The smallest absolute Gasteiger partial charge is 0.328 e. The number of carboxylic acid groups (broad SMARTS) is 1. The van der Waals surface area contributed by atoms with Crippen molar-refractivity contribution in [2.24, 2.45) is 0 Å². The molecule has 0 saturated heterocycles. The second-order valence-electron chi connectivity index (χ2n) is 4.29. The van der Waals surface area contributed by atoms with Gasteiger partial charge < -0.3 is 14.6 Å². The number of benzene rings is 1. The van der Waals surface area contributed by atoms with Crippen molar-refractivity contribution in [1.29, 1.82) is 0 Å². The molecule has 1 atom stereocenters. The molecule has 19 heavy (non-hydrogen) atoms. The van der Waals surface area contributed by atoms with Crippen LogP contribution in [0.25, 0.3) is 6.08 Å². The van der Waals surface area contributed by atoms with E-state index in [2.05, 4.69) is 6.92 Å². The molecule has 1 aromatic carbocycles. The molecule has 0 aliphatic carbocycles. The van der Waals surface area contributed by atoms with Crippen molar-refractivity contribution >= 4 is 12.0 Å². The van der Waals surface area contributed by atoms with Crippen LogP contribution in [0.1, 0.15) is 32.3 Å². The van der Waals surface area contributed by atoms with Crippen molar-refractivity contribution in [2.45, 2.75) is 32.8 Å². The molecule has 4 heteroatoms. The van der Waals surface area contributed by atoms with E-state index in [0.717, 1.165) is 18.9 Å². The molecule has 104 valence electrons. The molecule has 1 N–H and O–H groups in total. The zero-order valence-corrected chi connectivity index (χ0v) is 11.6. The monoisotopic (exact) mass is 264 g/mol. The van der Waals surface area contributed by atoms with Crippen molar-refractivity contribution in [1.82, 2.24) is 0 Å². The summed E-state index contributed by atoms with van der Waals surface area (Å²) in [5, 5.41) is 8.70. The third-order valence-electron chi connectivity index (χ3n) is 2.65. The van der Waals surface area contributed by atoms with Gasteiger partial charge in [0.2, 0.25) is 0 Å². The van der Waals surface area contributed by atoms with E-state index in [0.29, 0.717) is 17.1 Å². The molecule has 0 saturated carbocycles. The molecule has 0 fully saturated rings. The van der Waals surface area contributed by atoms with Crippen LogP contribution in [-0.2, 0) is 4.79 Å². The molecule has 0 radical (unpaired) electrons. The van der Waals surface area contributed by atoms with E-state index in [1.165, 1.54) is 6.08 Å². The van der Waals surface area contributed by atoms with Gasteiger partial charge in [-0.1, -0.05) is 13.3 Å². The molecule has 1 aromatic rings. The number of hydrogen-bond acceptors (Lipinski definition) is 3. The number of aliphatic carboxylic acids is 1. The summed E-state index contributed by atoms with van der Waals surface area (Å²) in [7, 11) is 1.57. The fraction of sp³-hybridized carbons (Fsp3) is 0.400. The van der Waals surface area contributed by atoms with E-state index < -0.39 is 5.97 Å². The van der Waals surface area contributed by atoms with E-state index in [9.17, 15) is 4.79 Å². The van der Waals surface area contributed by atoms with Crippen molar-refractivity contribution in [3.8, 4) is 11.5 Å². The SMILES string of the molecule is CCCC(C)Oc1ccc(OC)cc1/C=C/C(=O)O. The average molecular weight is 264 g/mol. The summed E-state index contributed by atoms with van der Waals surface area (Å²) in [6.07, 6.45) is 4.69. The number of ether oxygens (including phenoxy) is 2. The number of carboxylic acids is 1. The highest BCUT2D eigenvalue weighted by Gasteiger charge is 2.08. The van der Waals surface area contributed by atoms with Crippen LogP contribution in [0, 0.1) is 0 Å². The minimum Gasteiger partial charge on any atom is -0.497 e. The van der Waals surface area contributed by atoms with Crippen LogP contribution in [0.3, 0.4) is 0 Å². The zero-order chi connectivity index (χ0) is 14.3. The minimum atomic E-state index is -0.990. The Balaban J connectivity index is 2.97. The Bertz CT molecular complexity index is 451. The molecule has 0 aliphatic heterocycles. The van der Waals surface area contributed by atoms with Crippen molar-refractivity contribution < 1.29 is 19.4 Å². The van der Waals surface area contributed by atoms with E-state index in [4.69, 9.17) is 14.6 Å². The Morgan fingerprint density at radius 2 is 2.21 bits per heavy atom. The van der Waals surface area contributed by atoms with Crippen LogP contribution in [0.15, 0.2) is 24.3 Å². The first-order valence-corrected chi connectivity index (χ1v) is 6.32. The summed E-state index contributed by atoms with van der Waals surface area (Å²) >= 11 is 0. The van der Waals surface area contributed by atoms with Gasteiger partial charge in [0.25, 0.3) is 0 Å². The van der Waals surface area contributed by atoms with Gasteiger partial charge >= 0.3 is 5.97 Å². The van der Waals surface area contributed by atoms with E-state index in [1.54, 1.807) is 25.3 Å². The fourth-order valence-electron chi connectivity index (χ4n) is 1.73. The van der Waals surface area contributed by atoms with Gasteiger partial charge in [-0.2, -0.15) is 0 Å². The third-order valence-corrected chi connectivity index (χ3v) is 2.65. The van der Waals surface area contributed by atoms with E-state index in [-0.39, 0.29) is 6.10 Å². The number of methoxy groups -OCH3 is 1. The lowest BCUT2D eigenvalue weighted by Crippen LogP contribution is -2.11. The maximum Gasteiger partial charge on any atom is 0.328 e. The molecule has 0 spiro atoms. The quantitative estimate of drug-likeness (QED) is 0.767. The summed E-state index contributed by atoms with van der Waals surface area (Å²) in [4.78, 5) is 10.6. The molecule has 4 nitrogen and oxygen atoms in total. The van der Waals surface area contributed by atoms with Crippen LogP contribution in [0.4, 0.5) is 0 Å². The van der Waals surface area contributed by atoms with Crippen LogP contribution in [0.5, 0.6) is 11.5 Å². The van der Waals surface area contributed by atoms with Crippen LogP contribution in [-0.4, -0.2) is 24.3 Å². The lowest BCUT2D eigenvalue weighted by Gasteiger charge is -2.16. The highest BCUT2D eigenvalue weighted by atomic mass is 16.5. The van der Waals surface area contributed by atoms with Gasteiger partial charge in [0.15, 0.2) is 0 Å². The predicted molar refractivity (Wildman–Crippen MR) is 74.7 cm³/mol. The summed E-state index contributed by atoms with van der Waals surface area (Å²) in [5.74, 6) is 0.343. The highest BCUT2D eigenvalue weighted by Crippen LogP contribution is 2.27. The van der Waals surface area contributed by atoms with E-state index in [1.807, 2.05) is 6.92 Å². The third kappa shape index (κ3) is 5.04. The largest absolute Gasteiger partial charge is 0.497 e. The molecule has 0 aliphatic rings. The number of rotatable bonds is 7. The van der Waals surface area contributed by atoms with Gasteiger partial charge in [-0.15, -0.1) is 0 Å². The van der Waals surface area contributed by atoms with Crippen LogP contribution >= 0.6 is 0 Å².